The first-order valence-corrected chi connectivity index (χ1v) is 7.23. The van der Waals surface area contributed by atoms with E-state index in [0.717, 1.165) is 0 Å². The molecule has 0 atom stereocenters. The number of rotatable bonds is 6. The van der Waals surface area contributed by atoms with Gasteiger partial charge in [0, 0.05) is 5.92 Å². The minimum Gasteiger partial charge on any atom is -0.480 e. The van der Waals surface area contributed by atoms with Crippen LogP contribution >= 0.6 is 11.6 Å². The summed E-state index contributed by atoms with van der Waals surface area (Å²) in [5.41, 5.74) is -1.31. The standard InChI is InChI=1S/C14H20ClN3O3/c1-5-14(6-2,13(20)21)18-12(19)10-9(15)7-16-11(17-10)8(3)4/h7-8H,5-6H2,1-4H3,(H,18,19)(H,20,21). The number of hydrogen-bond donors (Lipinski definition) is 2. The van der Waals surface area contributed by atoms with E-state index in [0.29, 0.717) is 5.82 Å². The second kappa shape index (κ2) is 6.85. The van der Waals surface area contributed by atoms with Gasteiger partial charge in [-0.25, -0.2) is 14.8 Å². The molecule has 116 valence electrons. The molecular formula is C14H20ClN3O3. The number of hydrogen-bond acceptors (Lipinski definition) is 4. The first kappa shape index (κ1) is 17.4. The van der Waals surface area contributed by atoms with Crippen LogP contribution in [-0.2, 0) is 4.79 Å². The first-order valence-electron chi connectivity index (χ1n) is 6.85. The molecule has 0 spiro atoms. The molecule has 0 unspecified atom stereocenters. The Morgan fingerprint density at radius 1 is 1.38 bits per heavy atom. The van der Waals surface area contributed by atoms with Gasteiger partial charge in [-0.3, -0.25) is 4.79 Å². The molecule has 1 amide bonds. The molecule has 0 aliphatic carbocycles. The third kappa shape index (κ3) is 3.69. The van der Waals surface area contributed by atoms with Gasteiger partial charge in [0.1, 0.15) is 17.1 Å². The topological polar surface area (TPSA) is 92.2 Å². The van der Waals surface area contributed by atoms with E-state index < -0.39 is 17.4 Å². The molecule has 1 aromatic heterocycles. The maximum atomic E-state index is 12.3. The number of carbonyl (C=O) groups excluding carboxylic acids is 1. The molecule has 0 bridgehead atoms. The van der Waals surface area contributed by atoms with E-state index in [4.69, 9.17) is 11.6 Å². The van der Waals surface area contributed by atoms with Crippen LogP contribution in [0.3, 0.4) is 0 Å². The highest BCUT2D eigenvalue weighted by Gasteiger charge is 2.37. The van der Waals surface area contributed by atoms with Gasteiger partial charge in [0.05, 0.1) is 11.2 Å². The van der Waals surface area contributed by atoms with Crippen molar-refractivity contribution in [3.8, 4) is 0 Å². The number of aliphatic carboxylic acids is 1. The van der Waals surface area contributed by atoms with E-state index in [1.165, 1.54) is 6.20 Å². The fourth-order valence-corrected chi connectivity index (χ4v) is 2.05. The highest BCUT2D eigenvalue weighted by molar-refractivity contribution is 6.33. The van der Waals surface area contributed by atoms with Crippen LogP contribution in [0.2, 0.25) is 5.02 Å². The number of nitrogens with zero attached hydrogens (tertiary/aromatic N) is 2. The molecule has 1 rings (SSSR count). The van der Waals surface area contributed by atoms with Crippen molar-refractivity contribution in [2.24, 2.45) is 0 Å². The van der Waals surface area contributed by atoms with Crippen molar-refractivity contribution in [1.82, 2.24) is 15.3 Å². The lowest BCUT2D eigenvalue weighted by atomic mass is 9.93. The molecule has 0 aromatic carbocycles. The van der Waals surface area contributed by atoms with Crippen molar-refractivity contribution in [1.29, 1.82) is 0 Å². The third-order valence-corrected chi connectivity index (χ3v) is 3.74. The van der Waals surface area contributed by atoms with Gasteiger partial charge in [-0.1, -0.05) is 39.3 Å². The van der Waals surface area contributed by atoms with Gasteiger partial charge in [0.2, 0.25) is 0 Å². The number of carboxylic acid groups (broad SMARTS) is 1. The minimum absolute atomic E-state index is 0.00268. The Kier molecular flexibility index (Phi) is 5.66. The molecule has 21 heavy (non-hydrogen) atoms. The summed E-state index contributed by atoms with van der Waals surface area (Å²) in [5, 5.41) is 12.0. The summed E-state index contributed by atoms with van der Waals surface area (Å²) in [6, 6.07) is 0. The van der Waals surface area contributed by atoms with E-state index in [-0.39, 0.29) is 29.5 Å². The highest BCUT2D eigenvalue weighted by Crippen LogP contribution is 2.20. The summed E-state index contributed by atoms with van der Waals surface area (Å²) < 4.78 is 0. The molecule has 0 saturated heterocycles. The lowest BCUT2D eigenvalue weighted by Gasteiger charge is -2.28. The smallest absolute Gasteiger partial charge is 0.329 e. The summed E-state index contributed by atoms with van der Waals surface area (Å²) in [6.07, 6.45) is 1.90. The quantitative estimate of drug-likeness (QED) is 0.842. The summed E-state index contributed by atoms with van der Waals surface area (Å²) in [6.45, 7) is 7.20. The van der Waals surface area contributed by atoms with Crippen LogP contribution in [0.5, 0.6) is 0 Å². The molecule has 0 aliphatic heterocycles. The number of amides is 1. The normalized spacial score (nSPS) is 11.5. The predicted molar refractivity (Wildman–Crippen MR) is 79.5 cm³/mol. The summed E-state index contributed by atoms with van der Waals surface area (Å²) in [7, 11) is 0. The first-order chi connectivity index (χ1) is 9.77. The van der Waals surface area contributed by atoms with Gasteiger partial charge >= 0.3 is 5.97 Å². The minimum atomic E-state index is -1.32. The number of carbonyl (C=O) groups is 2. The zero-order valence-electron chi connectivity index (χ0n) is 12.6. The third-order valence-electron chi connectivity index (χ3n) is 3.46. The Balaban J connectivity index is 3.14. The van der Waals surface area contributed by atoms with Crippen molar-refractivity contribution in [2.45, 2.75) is 52.0 Å². The predicted octanol–water partition coefficient (Wildman–Crippen LogP) is 2.63. The highest BCUT2D eigenvalue weighted by atomic mass is 35.5. The van der Waals surface area contributed by atoms with Gasteiger partial charge in [-0.05, 0) is 12.8 Å². The molecular weight excluding hydrogens is 294 g/mol. The van der Waals surface area contributed by atoms with Gasteiger partial charge in [-0.15, -0.1) is 0 Å². The molecule has 1 heterocycles. The molecule has 0 radical (unpaired) electrons. The zero-order chi connectivity index (χ0) is 16.2. The van der Waals surface area contributed by atoms with E-state index >= 15 is 0 Å². The largest absolute Gasteiger partial charge is 0.480 e. The van der Waals surface area contributed by atoms with Crippen LogP contribution in [0.25, 0.3) is 0 Å². The van der Waals surface area contributed by atoms with Crippen molar-refractivity contribution >= 4 is 23.5 Å². The van der Waals surface area contributed by atoms with Crippen molar-refractivity contribution in [3.63, 3.8) is 0 Å². The molecule has 2 N–H and O–H groups in total. The van der Waals surface area contributed by atoms with Crippen LogP contribution in [-0.4, -0.2) is 32.5 Å². The Labute approximate surface area is 128 Å². The monoisotopic (exact) mass is 313 g/mol. The molecule has 1 aromatic rings. The maximum absolute atomic E-state index is 12.3. The van der Waals surface area contributed by atoms with Gasteiger partial charge < -0.3 is 10.4 Å². The van der Waals surface area contributed by atoms with E-state index in [9.17, 15) is 14.7 Å². The fourth-order valence-electron chi connectivity index (χ4n) is 1.88. The number of halogens is 1. The number of aromatic nitrogens is 2. The molecule has 7 heteroatoms. The number of carboxylic acids is 1. The molecule has 0 fully saturated rings. The molecule has 0 saturated carbocycles. The summed E-state index contributed by atoms with van der Waals surface area (Å²) >= 11 is 5.96. The molecule has 6 nitrogen and oxygen atoms in total. The average molecular weight is 314 g/mol. The summed E-state index contributed by atoms with van der Waals surface area (Å²) in [4.78, 5) is 31.9. The Morgan fingerprint density at radius 3 is 2.38 bits per heavy atom. The van der Waals surface area contributed by atoms with Gasteiger partial charge in [0.25, 0.3) is 5.91 Å². The summed E-state index contributed by atoms with van der Waals surface area (Å²) in [5.74, 6) is -1.15. The maximum Gasteiger partial charge on any atom is 0.329 e. The average Bonchev–Trinajstić information content (AvgIpc) is 2.44. The second-order valence-corrected chi connectivity index (χ2v) is 5.54. The Morgan fingerprint density at radius 2 is 1.95 bits per heavy atom. The van der Waals surface area contributed by atoms with Crippen molar-refractivity contribution < 1.29 is 14.7 Å². The fraction of sp³-hybridized carbons (Fsp3) is 0.571. The van der Waals surface area contributed by atoms with Crippen molar-refractivity contribution in [3.05, 3.63) is 22.7 Å². The van der Waals surface area contributed by atoms with Gasteiger partial charge in [-0.2, -0.15) is 0 Å². The molecule has 0 aliphatic rings. The van der Waals surface area contributed by atoms with E-state index in [1.807, 2.05) is 13.8 Å². The Hall–Kier alpha value is -1.69. The Bertz CT molecular complexity index is 542. The van der Waals surface area contributed by atoms with Crippen LogP contribution in [0.4, 0.5) is 0 Å². The lowest BCUT2D eigenvalue weighted by molar-refractivity contribution is -0.144. The number of nitrogens with one attached hydrogen (secondary N) is 1. The van der Waals surface area contributed by atoms with Crippen LogP contribution < -0.4 is 5.32 Å². The van der Waals surface area contributed by atoms with E-state index in [2.05, 4.69) is 15.3 Å². The van der Waals surface area contributed by atoms with E-state index in [1.54, 1.807) is 13.8 Å². The SMILES string of the molecule is CCC(CC)(NC(=O)c1nc(C(C)C)ncc1Cl)C(=O)O. The van der Waals surface area contributed by atoms with Gasteiger partial charge in [0.15, 0.2) is 0 Å². The zero-order valence-corrected chi connectivity index (χ0v) is 13.4. The second-order valence-electron chi connectivity index (χ2n) is 5.13. The van der Waals surface area contributed by atoms with Crippen molar-refractivity contribution in [2.75, 3.05) is 0 Å². The van der Waals surface area contributed by atoms with Crippen LogP contribution in [0.15, 0.2) is 6.20 Å². The van der Waals surface area contributed by atoms with Crippen LogP contribution in [0.1, 0.15) is 62.8 Å². The van der Waals surface area contributed by atoms with Crippen LogP contribution in [0, 0.1) is 0 Å². The lowest BCUT2D eigenvalue weighted by Crippen LogP contribution is -2.54.